The Morgan fingerprint density at radius 2 is 1.88 bits per heavy atom. The third kappa shape index (κ3) is 3.02. The van der Waals surface area contributed by atoms with E-state index in [-0.39, 0.29) is 0 Å². The van der Waals surface area contributed by atoms with Crippen molar-refractivity contribution in [1.29, 1.82) is 0 Å². The third-order valence-corrected chi connectivity index (χ3v) is 4.33. The van der Waals surface area contributed by atoms with Gasteiger partial charge in [-0.1, -0.05) is 23.7 Å². The molecule has 1 aliphatic heterocycles. The summed E-state index contributed by atoms with van der Waals surface area (Å²) in [6, 6.07) is 7.23. The molecule has 17 heavy (non-hydrogen) atoms. The van der Waals surface area contributed by atoms with Crippen molar-refractivity contribution in [3.8, 4) is 0 Å². The van der Waals surface area contributed by atoms with E-state index in [0.717, 1.165) is 5.02 Å². The van der Waals surface area contributed by atoms with Gasteiger partial charge in [0.25, 0.3) is 0 Å². The van der Waals surface area contributed by atoms with Crippen molar-refractivity contribution in [2.45, 2.75) is 45.6 Å². The molecule has 0 unspecified atom stereocenters. The van der Waals surface area contributed by atoms with Crippen LogP contribution in [0, 0.1) is 6.92 Å². The summed E-state index contributed by atoms with van der Waals surface area (Å²) in [7, 11) is 0. The Morgan fingerprint density at radius 1 is 1.24 bits per heavy atom. The van der Waals surface area contributed by atoms with Crippen molar-refractivity contribution in [2.24, 2.45) is 0 Å². The van der Waals surface area contributed by atoms with Gasteiger partial charge in [0.05, 0.1) is 0 Å². The molecule has 1 nitrogen and oxygen atoms in total. The lowest BCUT2D eigenvalue weighted by Gasteiger charge is -2.34. The van der Waals surface area contributed by atoms with E-state index in [1.807, 2.05) is 0 Å². The highest BCUT2D eigenvalue weighted by Crippen LogP contribution is 2.31. The maximum Gasteiger partial charge on any atom is 0.0438 e. The van der Waals surface area contributed by atoms with Gasteiger partial charge in [-0.15, -0.1) is 0 Å². The molecule has 0 spiro atoms. The molecule has 0 aliphatic carbocycles. The van der Waals surface area contributed by atoms with Crippen LogP contribution in [0.3, 0.4) is 0 Å². The largest absolute Gasteiger partial charge is 0.301 e. The van der Waals surface area contributed by atoms with Crippen LogP contribution in [0.1, 0.15) is 43.7 Å². The predicted molar refractivity (Wildman–Crippen MR) is 74.9 cm³/mol. The van der Waals surface area contributed by atoms with E-state index >= 15 is 0 Å². The molecule has 0 bridgehead atoms. The van der Waals surface area contributed by atoms with Crippen molar-refractivity contribution in [3.05, 3.63) is 34.3 Å². The first-order valence-corrected chi connectivity index (χ1v) is 6.96. The average Bonchev–Trinajstić information content (AvgIpc) is 2.33. The molecular weight excluding hydrogens is 230 g/mol. The summed E-state index contributed by atoms with van der Waals surface area (Å²) in [6.07, 6.45) is 2.52. The summed E-state index contributed by atoms with van der Waals surface area (Å²) in [5.41, 5.74) is 2.60. The topological polar surface area (TPSA) is 3.24 Å². The Balaban J connectivity index is 2.03. The van der Waals surface area contributed by atoms with Crippen LogP contribution in [0.2, 0.25) is 5.02 Å². The molecule has 2 rings (SSSR count). The van der Waals surface area contributed by atoms with Crippen LogP contribution in [0.4, 0.5) is 0 Å². The van der Waals surface area contributed by atoms with Crippen molar-refractivity contribution in [1.82, 2.24) is 4.90 Å². The Labute approximate surface area is 110 Å². The lowest BCUT2D eigenvalue weighted by atomic mass is 9.88. The molecule has 1 fully saturated rings. The molecule has 0 saturated carbocycles. The number of likely N-dealkylation sites (tertiary alicyclic amines) is 1. The Kier molecular flexibility index (Phi) is 4.11. The number of aryl methyl sites for hydroxylation is 1. The van der Waals surface area contributed by atoms with Crippen molar-refractivity contribution in [2.75, 3.05) is 13.1 Å². The van der Waals surface area contributed by atoms with Crippen LogP contribution in [0.5, 0.6) is 0 Å². The van der Waals surface area contributed by atoms with E-state index in [1.165, 1.54) is 37.1 Å². The molecule has 0 radical (unpaired) electrons. The lowest BCUT2D eigenvalue weighted by molar-refractivity contribution is 0.172. The van der Waals surface area contributed by atoms with Gasteiger partial charge in [-0.3, -0.25) is 0 Å². The van der Waals surface area contributed by atoms with E-state index in [0.29, 0.717) is 12.0 Å². The first-order valence-electron chi connectivity index (χ1n) is 6.58. The van der Waals surface area contributed by atoms with Crippen molar-refractivity contribution in [3.63, 3.8) is 0 Å². The highest BCUT2D eigenvalue weighted by molar-refractivity contribution is 6.31. The summed E-state index contributed by atoms with van der Waals surface area (Å²) < 4.78 is 0. The van der Waals surface area contributed by atoms with Gasteiger partial charge in [-0.25, -0.2) is 0 Å². The van der Waals surface area contributed by atoms with Crippen LogP contribution in [-0.4, -0.2) is 24.0 Å². The smallest absolute Gasteiger partial charge is 0.0438 e. The van der Waals surface area contributed by atoms with E-state index in [4.69, 9.17) is 11.6 Å². The van der Waals surface area contributed by atoms with Gasteiger partial charge >= 0.3 is 0 Å². The van der Waals surface area contributed by atoms with Crippen LogP contribution in [0.25, 0.3) is 0 Å². The number of hydrogen-bond acceptors (Lipinski definition) is 1. The Morgan fingerprint density at radius 3 is 2.41 bits per heavy atom. The van der Waals surface area contributed by atoms with E-state index in [1.54, 1.807) is 0 Å². The highest BCUT2D eigenvalue weighted by Gasteiger charge is 2.22. The van der Waals surface area contributed by atoms with Gasteiger partial charge in [0.1, 0.15) is 0 Å². The van der Waals surface area contributed by atoms with Gasteiger partial charge in [-0.2, -0.15) is 0 Å². The van der Waals surface area contributed by atoms with Gasteiger partial charge in [0, 0.05) is 11.1 Å². The zero-order valence-corrected chi connectivity index (χ0v) is 11.8. The summed E-state index contributed by atoms with van der Waals surface area (Å²) in [4.78, 5) is 2.56. The number of halogens is 1. The molecule has 0 N–H and O–H groups in total. The maximum atomic E-state index is 6.20. The second-order valence-corrected chi connectivity index (χ2v) is 5.82. The lowest BCUT2D eigenvalue weighted by Crippen LogP contribution is -2.37. The summed E-state index contributed by atoms with van der Waals surface area (Å²) in [5.74, 6) is 0.697. The second kappa shape index (κ2) is 5.41. The minimum atomic E-state index is 0.678. The van der Waals surface area contributed by atoms with Gasteiger partial charge < -0.3 is 4.90 Å². The average molecular weight is 252 g/mol. The first-order chi connectivity index (χ1) is 8.08. The fourth-order valence-electron chi connectivity index (χ4n) is 2.61. The Bertz CT molecular complexity index is 379. The van der Waals surface area contributed by atoms with Gasteiger partial charge in [0.15, 0.2) is 0 Å². The fourth-order valence-corrected chi connectivity index (χ4v) is 2.80. The SMILES string of the molecule is Cc1ccc(C2CCN(C(C)C)CC2)cc1Cl. The first kappa shape index (κ1) is 12.9. The molecule has 1 aliphatic rings. The standard InChI is InChI=1S/C15H22ClN/c1-11(2)17-8-6-13(7-9-17)14-5-4-12(3)15(16)10-14/h4-5,10-11,13H,6-9H2,1-3H3. The van der Waals surface area contributed by atoms with Crippen molar-refractivity contribution >= 4 is 11.6 Å². The van der Waals surface area contributed by atoms with Gasteiger partial charge in [0.2, 0.25) is 0 Å². The third-order valence-electron chi connectivity index (χ3n) is 3.93. The number of benzene rings is 1. The number of piperidine rings is 1. The van der Waals surface area contributed by atoms with Crippen LogP contribution >= 0.6 is 11.6 Å². The molecule has 0 amide bonds. The minimum Gasteiger partial charge on any atom is -0.301 e. The fraction of sp³-hybridized carbons (Fsp3) is 0.600. The highest BCUT2D eigenvalue weighted by atomic mass is 35.5. The summed E-state index contributed by atoms with van der Waals surface area (Å²) >= 11 is 6.20. The number of nitrogens with zero attached hydrogens (tertiary/aromatic N) is 1. The second-order valence-electron chi connectivity index (χ2n) is 5.41. The van der Waals surface area contributed by atoms with E-state index in [2.05, 4.69) is 43.9 Å². The molecule has 1 aromatic rings. The normalized spacial score (nSPS) is 18.9. The van der Waals surface area contributed by atoms with Crippen molar-refractivity contribution < 1.29 is 0 Å². The van der Waals surface area contributed by atoms with E-state index < -0.39 is 0 Å². The summed E-state index contributed by atoms with van der Waals surface area (Å²) in [6.45, 7) is 9.06. The molecular formula is C15H22ClN. The molecule has 1 saturated heterocycles. The van der Waals surface area contributed by atoms with Crippen LogP contribution in [-0.2, 0) is 0 Å². The number of hydrogen-bond donors (Lipinski definition) is 0. The molecule has 0 aromatic heterocycles. The minimum absolute atomic E-state index is 0.678. The monoisotopic (exact) mass is 251 g/mol. The van der Waals surface area contributed by atoms with Crippen LogP contribution < -0.4 is 0 Å². The molecule has 2 heteroatoms. The predicted octanol–water partition coefficient (Wildman–Crippen LogP) is 4.24. The zero-order chi connectivity index (χ0) is 12.4. The zero-order valence-electron chi connectivity index (χ0n) is 11.0. The molecule has 94 valence electrons. The van der Waals surface area contributed by atoms with E-state index in [9.17, 15) is 0 Å². The Hall–Kier alpha value is -0.530. The molecule has 1 heterocycles. The number of rotatable bonds is 2. The maximum absolute atomic E-state index is 6.20. The van der Waals surface area contributed by atoms with Crippen LogP contribution in [0.15, 0.2) is 18.2 Å². The summed E-state index contributed by atoms with van der Waals surface area (Å²) in [5, 5.41) is 0.911. The molecule has 1 aromatic carbocycles. The molecule has 0 atom stereocenters. The van der Waals surface area contributed by atoms with Gasteiger partial charge in [-0.05, 0) is 69.8 Å². The quantitative estimate of drug-likeness (QED) is 0.760.